The molecule has 0 radical (unpaired) electrons. The third-order valence-electron chi connectivity index (χ3n) is 5.94. The first-order valence-corrected chi connectivity index (χ1v) is 11.9. The summed E-state index contributed by atoms with van der Waals surface area (Å²) in [4.78, 5) is 49.7. The summed E-state index contributed by atoms with van der Waals surface area (Å²) in [6, 6.07) is -0.287. The quantitative estimate of drug-likeness (QED) is 0.374. The van der Waals surface area contributed by atoms with Crippen molar-refractivity contribution < 1.29 is 37.8 Å². The molecule has 0 saturated heterocycles. The second-order valence-electron chi connectivity index (χ2n) is 7.33. The van der Waals surface area contributed by atoms with Gasteiger partial charge in [0.1, 0.15) is 11.8 Å². The summed E-state index contributed by atoms with van der Waals surface area (Å²) >= 11 is 0. The van der Waals surface area contributed by atoms with Crippen molar-refractivity contribution in [1.82, 2.24) is 19.5 Å². The topological polar surface area (TPSA) is 189 Å². The van der Waals surface area contributed by atoms with Crippen LogP contribution in [0.1, 0.15) is 25.3 Å². The molecule has 4 atom stereocenters. The fourth-order valence-electron chi connectivity index (χ4n) is 4.65. The number of imidazole rings is 1. The zero-order valence-electron chi connectivity index (χ0n) is 15.3. The summed E-state index contributed by atoms with van der Waals surface area (Å²) in [5, 5.41) is 2.93. The van der Waals surface area contributed by atoms with Gasteiger partial charge in [0.05, 0.1) is 19.0 Å². The summed E-state index contributed by atoms with van der Waals surface area (Å²) in [6.07, 6.45) is 3.38. The Morgan fingerprint density at radius 1 is 1.24 bits per heavy atom. The van der Waals surface area contributed by atoms with E-state index in [0.717, 1.165) is 0 Å². The lowest BCUT2D eigenvalue weighted by Crippen LogP contribution is -2.48. The monoisotopic (exact) mass is 449 g/mol. The van der Waals surface area contributed by atoms with E-state index in [9.17, 15) is 18.9 Å². The fourth-order valence-corrected chi connectivity index (χ4v) is 5.69. The minimum absolute atomic E-state index is 0.184. The molecule has 0 bridgehead atoms. The van der Waals surface area contributed by atoms with Gasteiger partial charge >= 0.3 is 15.6 Å². The van der Waals surface area contributed by atoms with Crippen molar-refractivity contribution in [3.8, 4) is 0 Å². The van der Waals surface area contributed by atoms with E-state index in [4.69, 9.17) is 18.8 Å². The summed E-state index contributed by atoms with van der Waals surface area (Å²) in [5.74, 6) is 0.357. The van der Waals surface area contributed by atoms with E-state index >= 15 is 0 Å². The molecule has 2 aliphatic carbocycles. The van der Waals surface area contributed by atoms with Gasteiger partial charge in [-0.1, -0.05) is 0 Å². The van der Waals surface area contributed by atoms with Crippen LogP contribution in [-0.2, 0) is 18.2 Å². The van der Waals surface area contributed by atoms with Gasteiger partial charge in [-0.25, -0.2) is 24.1 Å². The number of aromatic nitrogens is 4. The standard InChI is InChI=1S/C14H21N5O8P2/c1-15-12-11-13(17-6-16-12)19(7-18-11)9-4-10(27-29(23,24)25)14(3-2-8(9)14)5-26-28(20,21)22/h6-10H,2-5H2,1H3,(H,15,16,17)(H2,20,21,22)(H2,23,24,25)/t8-,9+,10+,14+/m1/s1. The molecular formula is C14H21N5O8P2. The lowest BCUT2D eigenvalue weighted by atomic mass is 9.60. The van der Waals surface area contributed by atoms with Crippen molar-refractivity contribution in [1.29, 1.82) is 0 Å². The van der Waals surface area contributed by atoms with Gasteiger partial charge in [0.15, 0.2) is 11.5 Å². The van der Waals surface area contributed by atoms with Crippen LogP contribution >= 0.6 is 15.6 Å². The minimum atomic E-state index is -4.83. The lowest BCUT2D eigenvalue weighted by Gasteiger charge is -2.48. The average molecular weight is 449 g/mol. The molecule has 2 aromatic heterocycles. The molecule has 29 heavy (non-hydrogen) atoms. The molecule has 2 aromatic rings. The van der Waals surface area contributed by atoms with Crippen molar-refractivity contribution >= 4 is 32.6 Å². The highest BCUT2D eigenvalue weighted by molar-refractivity contribution is 7.46. The molecule has 0 aromatic carbocycles. The van der Waals surface area contributed by atoms with Crippen molar-refractivity contribution in [2.24, 2.45) is 11.3 Å². The highest BCUT2D eigenvalue weighted by Crippen LogP contribution is 2.66. The second-order valence-corrected chi connectivity index (χ2v) is 9.76. The molecule has 15 heteroatoms. The molecule has 2 saturated carbocycles. The maximum absolute atomic E-state index is 11.5. The first-order valence-electron chi connectivity index (χ1n) is 8.83. The molecule has 0 aliphatic heterocycles. The summed E-state index contributed by atoms with van der Waals surface area (Å²) in [5.41, 5.74) is 0.163. The molecule has 4 rings (SSSR count). The predicted molar refractivity (Wildman–Crippen MR) is 98.6 cm³/mol. The molecule has 2 aliphatic rings. The average Bonchev–Trinajstić information content (AvgIpc) is 3.09. The van der Waals surface area contributed by atoms with Gasteiger partial charge in [0, 0.05) is 18.5 Å². The number of phosphoric ester groups is 2. The zero-order valence-corrected chi connectivity index (χ0v) is 17.1. The number of nitrogens with zero attached hydrogens (tertiary/aromatic N) is 4. The van der Waals surface area contributed by atoms with Crippen molar-refractivity contribution in [2.75, 3.05) is 19.0 Å². The van der Waals surface area contributed by atoms with Crippen molar-refractivity contribution in [2.45, 2.75) is 31.4 Å². The Labute approximate surface area is 165 Å². The van der Waals surface area contributed by atoms with E-state index in [-0.39, 0.29) is 25.0 Å². The Balaban J connectivity index is 1.71. The Hall–Kier alpha value is -1.43. The van der Waals surface area contributed by atoms with E-state index < -0.39 is 27.2 Å². The number of hydrogen-bond donors (Lipinski definition) is 5. The molecule has 2 fully saturated rings. The summed E-state index contributed by atoms with van der Waals surface area (Å²) in [7, 11) is -7.88. The predicted octanol–water partition coefficient (Wildman–Crippen LogP) is 0.796. The number of fused-ring (bicyclic) bond motifs is 2. The largest absolute Gasteiger partial charge is 0.469 e. The van der Waals surface area contributed by atoms with Crippen LogP contribution in [0.2, 0.25) is 0 Å². The van der Waals surface area contributed by atoms with Crippen LogP contribution in [0.3, 0.4) is 0 Å². The van der Waals surface area contributed by atoms with Gasteiger partial charge < -0.3 is 29.5 Å². The second kappa shape index (κ2) is 7.07. The van der Waals surface area contributed by atoms with Crippen LogP contribution in [0.5, 0.6) is 0 Å². The van der Waals surface area contributed by atoms with Gasteiger partial charge in [-0.3, -0.25) is 9.05 Å². The highest BCUT2D eigenvalue weighted by atomic mass is 31.2. The Kier molecular flexibility index (Phi) is 5.08. The molecular weight excluding hydrogens is 428 g/mol. The molecule has 2 heterocycles. The number of nitrogens with one attached hydrogen (secondary N) is 1. The number of hydrogen-bond acceptors (Lipinski definition) is 8. The summed E-state index contributed by atoms with van der Waals surface area (Å²) < 4.78 is 34.4. The normalized spacial score (nSPS) is 29.6. The van der Waals surface area contributed by atoms with E-state index in [0.29, 0.717) is 29.8 Å². The van der Waals surface area contributed by atoms with E-state index in [1.807, 2.05) is 0 Å². The third-order valence-corrected chi connectivity index (χ3v) is 6.93. The van der Waals surface area contributed by atoms with Gasteiger partial charge in [-0.05, 0) is 25.2 Å². The highest BCUT2D eigenvalue weighted by Gasteiger charge is 2.63. The van der Waals surface area contributed by atoms with Crippen molar-refractivity contribution in [3.63, 3.8) is 0 Å². The Morgan fingerprint density at radius 3 is 2.59 bits per heavy atom. The third kappa shape index (κ3) is 3.73. The van der Waals surface area contributed by atoms with Gasteiger partial charge in [-0.2, -0.15) is 0 Å². The van der Waals surface area contributed by atoms with Crippen LogP contribution in [-0.4, -0.2) is 58.9 Å². The fraction of sp³-hybridized carbons (Fsp3) is 0.643. The summed E-state index contributed by atoms with van der Waals surface area (Å²) in [6.45, 7) is -0.369. The maximum atomic E-state index is 11.5. The van der Waals surface area contributed by atoms with E-state index in [1.54, 1.807) is 17.9 Å². The van der Waals surface area contributed by atoms with E-state index in [1.165, 1.54) is 6.33 Å². The molecule has 5 N–H and O–H groups in total. The Bertz CT molecular complexity index is 1020. The van der Waals surface area contributed by atoms with Crippen molar-refractivity contribution in [3.05, 3.63) is 12.7 Å². The van der Waals surface area contributed by atoms with Gasteiger partial charge in [0.2, 0.25) is 0 Å². The van der Waals surface area contributed by atoms with Gasteiger partial charge in [-0.15, -0.1) is 0 Å². The van der Waals surface area contributed by atoms with Crippen LogP contribution in [0.25, 0.3) is 11.2 Å². The maximum Gasteiger partial charge on any atom is 0.469 e. The number of rotatable bonds is 7. The number of anilines is 1. The van der Waals surface area contributed by atoms with E-state index in [2.05, 4.69) is 20.3 Å². The molecule has 0 amide bonds. The van der Waals surface area contributed by atoms with Crippen LogP contribution in [0, 0.1) is 11.3 Å². The smallest absolute Gasteiger partial charge is 0.371 e. The Morgan fingerprint density at radius 2 is 2.00 bits per heavy atom. The molecule has 13 nitrogen and oxygen atoms in total. The van der Waals surface area contributed by atoms with Crippen LogP contribution in [0.4, 0.5) is 5.82 Å². The minimum Gasteiger partial charge on any atom is -0.371 e. The lowest BCUT2D eigenvalue weighted by molar-refractivity contribution is -0.0787. The first kappa shape index (κ1) is 20.8. The SMILES string of the molecule is CNc1ncnc2c1ncn2[C@H]1C[C@H](OP(=O)(O)O)[C@]2(COP(=O)(O)O)CC[C@H]12. The zero-order chi connectivity index (χ0) is 21.0. The van der Waals surface area contributed by atoms with Crippen LogP contribution < -0.4 is 5.32 Å². The van der Waals surface area contributed by atoms with Gasteiger partial charge in [0.25, 0.3) is 0 Å². The molecule has 0 spiro atoms. The molecule has 0 unspecified atom stereocenters. The number of phosphoric acid groups is 2. The molecule has 160 valence electrons. The first-order chi connectivity index (χ1) is 13.5. The van der Waals surface area contributed by atoms with Crippen LogP contribution in [0.15, 0.2) is 12.7 Å².